The molecule has 2 aromatic rings. The Morgan fingerprint density at radius 3 is 2.31 bits per heavy atom. The number of carbonyl (C=O) groups excluding carboxylic acids is 1. The number of sulfonamides is 1. The minimum Gasteiger partial charge on any atom is -0.348 e. The zero-order valence-electron chi connectivity index (χ0n) is 16.8. The van der Waals surface area contributed by atoms with Gasteiger partial charge in [-0.25, -0.2) is 8.42 Å². The number of amides is 1. The van der Waals surface area contributed by atoms with Crippen LogP contribution >= 0.6 is 0 Å². The summed E-state index contributed by atoms with van der Waals surface area (Å²) in [6, 6.07) is 14.6. The molecule has 1 saturated heterocycles. The van der Waals surface area contributed by atoms with Gasteiger partial charge in [0.2, 0.25) is 15.9 Å². The van der Waals surface area contributed by atoms with E-state index in [9.17, 15) is 13.2 Å². The predicted molar refractivity (Wildman–Crippen MR) is 116 cm³/mol. The minimum absolute atomic E-state index is 0.186. The second-order valence-electron chi connectivity index (χ2n) is 7.36. The Balaban J connectivity index is 1.59. The van der Waals surface area contributed by atoms with Gasteiger partial charge in [0, 0.05) is 25.7 Å². The molecule has 0 aliphatic carbocycles. The van der Waals surface area contributed by atoms with Gasteiger partial charge >= 0.3 is 0 Å². The van der Waals surface area contributed by atoms with Gasteiger partial charge in [-0.3, -0.25) is 4.79 Å². The molecule has 0 unspecified atom stereocenters. The van der Waals surface area contributed by atoms with Crippen LogP contribution in [-0.2, 0) is 21.4 Å². The highest BCUT2D eigenvalue weighted by Gasteiger charge is 2.24. The van der Waals surface area contributed by atoms with E-state index in [0.717, 1.165) is 42.4 Å². The Kier molecular flexibility index (Phi) is 7.23. The van der Waals surface area contributed by atoms with Gasteiger partial charge in [-0.05, 0) is 54.7 Å². The lowest BCUT2D eigenvalue weighted by molar-refractivity contribution is -0.116. The lowest BCUT2D eigenvalue weighted by Gasteiger charge is -2.19. The van der Waals surface area contributed by atoms with Gasteiger partial charge in [0.1, 0.15) is 0 Å². The average molecular weight is 413 g/mol. The van der Waals surface area contributed by atoms with E-state index in [1.54, 1.807) is 34.6 Å². The first-order valence-electron chi connectivity index (χ1n) is 10.1. The highest BCUT2D eigenvalue weighted by Crippen LogP contribution is 2.21. The summed E-state index contributed by atoms with van der Waals surface area (Å²) in [5, 5.41) is 2.87. The summed E-state index contributed by atoms with van der Waals surface area (Å²) in [5.41, 5.74) is 3.00. The molecule has 1 aliphatic rings. The van der Waals surface area contributed by atoms with E-state index >= 15 is 0 Å². The molecule has 1 fully saturated rings. The van der Waals surface area contributed by atoms with Crippen LogP contribution in [0.25, 0.3) is 6.08 Å². The Morgan fingerprint density at radius 1 is 1.00 bits per heavy atom. The molecule has 3 rings (SSSR count). The molecule has 2 aromatic carbocycles. The average Bonchev–Trinajstić information content (AvgIpc) is 3.02. The van der Waals surface area contributed by atoms with E-state index in [4.69, 9.17) is 0 Å². The summed E-state index contributed by atoms with van der Waals surface area (Å²) < 4.78 is 27.2. The number of hydrogen-bond donors (Lipinski definition) is 1. The molecular formula is C23H28N2O3S. The zero-order chi connectivity index (χ0) is 20.7. The van der Waals surface area contributed by atoms with Crippen LogP contribution < -0.4 is 5.32 Å². The van der Waals surface area contributed by atoms with Gasteiger partial charge in [-0.2, -0.15) is 4.31 Å². The maximum atomic E-state index is 12.8. The van der Waals surface area contributed by atoms with Gasteiger partial charge in [0.15, 0.2) is 0 Å². The maximum Gasteiger partial charge on any atom is 0.244 e. The van der Waals surface area contributed by atoms with Crippen LogP contribution in [0.15, 0.2) is 59.5 Å². The maximum absolute atomic E-state index is 12.8. The van der Waals surface area contributed by atoms with E-state index in [-0.39, 0.29) is 5.91 Å². The van der Waals surface area contributed by atoms with Crippen molar-refractivity contribution in [2.75, 3.05) is 13.1 Å². The van der Waals surface area contributed by atoms with Crippen molar-refractivity contribution in [2.45, 2.75) is 44.0 Å². The Hall–Kier alpha value is -2.44. The largest absolute Gasteiger partial charge is 0.348 e. The molecular weight excluding hydrogens is 384 g/mol. The van der Waals surface area contributed by atoms with E-state index in [0.29, 0.717) is 24.5 Å². The topological polar surface area (TPSA) is 66.5 Å². The van der Waals surface area contributed by atoms with Gasteiger partial charge in [-0.1, -0.05) is 49.2 Å². The summed E-state index contributed by atoms with van der Waals surface area (Å²) in [6.07, 6.45) is 7.16. The van der Waals surface area contributed by atoms with Crippen LogP contribution in [0.3, 0.4) is 0 Å². The van der Waals surface area contributed by atoms with Crippen molar-refractivity contribution in [1.29, 1.82) is 0 Å². The molecule has 0 aromatic heterocycles. The fourth-order valence-corrected chi connectivity index (χ4v) is 4.92. The van der Waals surface area contributed by atoms with Crippen LogP contribution in [0.4, 0.5) is 0 Å². The first-order chi connectivity index (χ1) is 14.0. The standard InChI is InChI=1S/C23H28N2O3S/c1-19-8-4-5-9-21(19)18-24-23(26)15-12-20-10-13-22(14-11-20)29(27,28)25-16-6-2-3-7-17-25/h4-5,8-15H,2-3,6-7,16-18H2,1H3,(H,24,26)/b15-12+. The summed E-state index contributed by atoms with van der Waals surface area (Å²) in [5.74, 6) is -0.186. The predicted octanol–water partition coefficient (Wildman–Crippen LogP) is 3.89. The quantitative estimate of drug-likeness (QED) is 0.732. The first kappa shape index (κ1) is 21.3. The van der Waals surface area contributed by atoms with Gasteiger partial charge < -0.3 is 5.32 Å². The zero-order valence-corrected chi connectivity index (χ0v) is 17.6. The lowest BCUT2D eigenvalue weighted by atomic mass is 10.1. The SMILES string of the molecule is Cc1ccccc1CNC(=O)/C=C/c1ccc(S(=O)(=O)N2CCCCCC2)cc1. The summed E-state index contributed by atoms with van der Waals surface area (Å²) >= 11 is 0. The lowest BCUT2D eigenvalue weighted by Crippen LogP contribution is -2.31. The Bertz CT molecular complexity index is 958. The molecule has 29 heavy (non-hydrogen) atoms. The summed E-state index contributed by atoms with van der Waals surface area (Å²) in [4.78, 5) is 12.4. The second-order valence-corrected chi connectivity index (χ2v) is 9.30. The van der Waals surface area contributed by atoms with Crippen molar-refractivity contribution in [3.05, 3.63) is 71.3 Å². The molecule has 1 amide bonds. The number of nitrogens with one attached hydrogen (secondary N) is 1. The van der Waals surface area contributed by atoms with Gasteiger partial charge in [0.05, 0.1) is 4.90 Å². The van der Waals surface area contributed by atoms with Crippen LogP contribution in [-0.4, -0.2) is 31.7 Å². The van der Waals surface area contributed by atoms with Crippen LogP contribution in [0.2, 0.25) is 0 Å². The van der Waals surface area contributed by atoms with Gasteiger partial charge in [0.25, 0.3) is 0 Å². The summed E-state index contributed by atoms with van der Waals surface area (Å²) in [6.45, 7) is 3.66. The molecule has 6 heteroatoms. The highest BCUT2D eigenvalue weighted by atomic mass is 32.2. The smallest absolute Gasteiger partial charge is 0.244 e. The van der Waals surface area contributed by atoms with Crippen LogP contribution in [0, 0.1) is 6.92 Å². The molecule has 0 bridgehead atoms. The summed E-state index contributed by atoms with van der Waals surface area (Å²) in [7, 11) is -3.45. The third-order valence-electron chi connectivity index (χ3n) is 5.22. The Labute approximate surface area is 173 Å². The number of benzene rings is 2. The molecule has 154 valence electrons. The molecule has 1 N–H and O–H groups in total. The molecule has 0 saturated carbocycles. The van der Waals surface area contributed by atoms with Crippen LogP contribution in [0.5, 0.6) is 0 Å². The molecule has 0 radical (unpaired) electrons. The van der Waals surface area contributed by atoms with Crippen molar-refractivity contribution in [3.8, 4) is 0 Å². The molecule has 5 nitrogen and oxygen atoms in total. The van der Waals surface area contributed by atoms with Crippen molar-refractivity contribution < 1.29 is 13.2 Å². The monoisotopic (exact) mass is 412 g/mol. The van der Waals surface area contributed by atoms with E-state index in [1.165, 1.54) is 6.08 Å². The van der Waals surface area contributed by atoms with Gasteiger partial charge in [-0.15, -0.1) is 0 Å². The van der Waals surface area contributed by atoms with Crippen molar-refractivity contribution in [1.82, 2.24) is 9.62 Å². The Morgan fingerprint density at radius 2 is 1.66 bits per heavy atom. The van der Waals surface area contributed by atoms with Crippen molar-refractivity contribution in [2.24, 2.45) is 0 Å². The van der Waals surface area contributed by atoms with E-state index in [1.807, 2.05) is 31.2 Å². The number of carbonyl (C=O) groups is 1. The van der Waals surface area contributed by atoms with E-state index in [2.05, 4.69) is 5.32 Å². The molecule has 0 atom stereocenters. The van der Waals surface area contributed by atoms with E-state index < -0.39 is 10.0 Å². The number of hydrogen-bond acceptors (Lipinski definition) is 3. The third-order valence-corrected chi connectivity index (χ3v) is 7.14. The van der Waals surface area contributed by atoms with Crippen molar-refractivity contribution >= 4 is 22.0 Å². The number of rotatable bonds is 6. The minimum atomic E-state index is -3.45. The highest BCUT2D eigenvalue weighted by molar-refractivity contribution is 7.89. The fraction of sp³-hybridized carbons (Fsp3) is 0.348. The van der Waals surface area contributed by atoms with Crippen LogP contribution in [0.1, 0.15) is 42.4 Å². The first-order valence-corrected chi connectivity index (χ1v) is 11.5. The molecule has 0 spiro atoms. The second kappa shape index (κ2) is 9.85. The van der Waals surface area contributed by atoms with Crippen molar-refractivity contribution in [3.63, 3.8) is 0 Å². The third kappa shape index (κ3) is 5.78. The number of aryl methyl sites for hydroxylation is 1. The number of nitrogens with zero attached hydrogens (tertiary/aromatic N) is 1. The molecule has 1 aliphatic heterocycles. The fourth-order valence-electron chi connectivity index (χ4n) is 3.40. The normalized spacial score (nSPS) is 15.9. The molecule has 1 heterocycles.